The number of rotatable bonds is 6. The van der Waals surface area contributed by atoms with E-state index in [1.807, 2.05) is 62.1 Å². The molecular weight excluding hydrogens is 544 g/mol. The Hall–Kier alpha value is -2.76. The predicted octanol–water partition coefficient (Wildman–Crippen LogP) is 5.04. The number of hydrogen-bond acceptors (Lipinski definition) is 5. The van der Waals surface area contributed by atoms with Gasteiger partial charge in [0.15, 0.2) is 0 Å². The van der Waals surface area contributed by atoms with Crippen LogP contribution in [-0.2, 0) is 10.0 Å². The number of hydrogen-bond donors (Lipinski definition) is 3. The minimum atomic E-state index is -3.60. The van der Waals surface area contributed by atoms with E-state index >= 15 is 0 Å². The zero-order chi connectivity index (χ0) is 31.8. The van der Waals surface area contributed by atoms with Crippen molar-refractivity contribution >= 4 is 28.1 Å². The zero-order valence-electron chi connectivity index (χ0n) is 27.1. The summed E-state index contributed by atoms with van der Waals surface area (Å²) in [6.45, 7) is 25.0. The molecule has 3 aliphatic heterocycles. The van der Waals surface area contributed by atoms with Crippen molar-refractivity contribution in [1.82, 2.24) is 30.1 Å². The SMILES string of the molecule is CC(C)C1=CS(=O)(=O)NC(=O)N1C(C)C.CC(C)C1C=CNC(=O)N1C(C)C.CC(C)C1CCNC(=O)N1C(C)C. The summed E-state index contributed by atoms with van der Waals surface area (Å²) in [5.41, 5.74) is 0.536. The third-order valence-corrected chi connectivity index (χ3v) is 8.05. The Bertz CT molecular complexity index is 1070. The van der Waals surface area contributed by atoms with Crippen LogP contribution in [0.1, 0.15) is 89.5 Å². The van der Waals surface area contributed by atoms with E-state index < -0.39 is 16.1 Å². The first kappa shape index (κ1) is 36.3. The van der Waals surface area contributed by atoms with Crippen LogP contribution < -0.4 is 15.4 Å². The fraction of sp³-hybridized carbons (Fsp3) is 0.759. The molecule has 0 aliphatic carbocycles. The van der Waals surface area contributed by atoms with E-state index in [-0.39, 0.29) is 36.1 Å². The second-order valence-corrected chi connectivity index (χ2v) is 14.0. The Morgan fingerprint density at radius 1 is 0.756 bits per heavy atom. The first-order valence-electron chi connectivity index (χ1n) is 14.7. The van der Waals surface area contributed by atoms with Crippen LogP contribution in [0, 0.1) is 17.8 Å². The summed E-state index contributed by atoms with van der Waals surface area (Å²) in [5, 5.41) is 6.71. The number of amides is 6. The number of allylic oxidation sites excluding steroid dienone is 1. The van der Waals surface area contributed by atoms with Gasteiger partial charge >= 0.3 is 18.1 Å². The second kappa shape index (κ2) is 15.5. The number of carbonyl (C=O) groups excluding carboxylic acids is 3. The van der Waals surface area contributed by atoms with E-state index in [1.165, 1.54) is 4.90 Å². The minimum Gasteiger partial charge on any atom is -0.338 e. The molecule has 3 heterocycles. The highest BCUT2D eigenvalue weighted by molar-refractivity contribution is 7.93. The summed E-state index contributed by atoms with van der Waals surface area (Å²) >= 11 is 0. The zero-order valence-corrected chi connectivity index (χ0v) is 27.9. The molecule has 3 rings (SSSR count). The highest BCUT2D eigenvalue weighted by Gasteiger charge is 2.33. The molecule has 1 fully saturated rings. The van der Waals surface area contributed by atoms with Gasteiger partial charge in [0.1, 0.15) is 0 Å². The standard InChI is InChI=1S/C10H20N2O.C10H18N2O.C9H16N2O3S/c2*1-7(2)9-5-6-11-10(13)12(9)8(3)4;1-6(2)8-5-15(13,14)10-9(12)11(8)7(3)4/h7-9H,5-6H2,1-4H3,(H,11,13);5-9H,1-4H3,(H,11,13);5-7H,1-4H3,(H,10,12). The van der Waals surface area contributed by atoms with Crippen LogP contribution in [0.2, 0.25) is 0 Å². The molecule has 12 heteroatoms. The van der Waals surface area contributed by atoms with Gasteiger partial charge in [-0.25, -0.2) is 27.5 Å². The highest BCUT2D eigenvalue weighted by atomic mass is 32.2. The quantitative estimate of drug-likeness (QED) is 0.394. The molecule has 3 aliphatic rings. The molecule has 3 N–H and O–H groups in total. The Labute approximate surface area is 248 Å². The smallest absolute Gasteiger partial charge is 0.335 e. The van der Waals surface area contributed by atoms with Gasteiger partial charge in [-0.1, -0.05) is 41.5 Å². The lowest BCUT2D eigenvalue weighted by Gasteiger charge is -2.41. The lowest BCUT2D eigenvalue weighted by molar-refractivity contribution is 0.111. The first-order chi connectivity index (χ1) is 18.8. The lowest BCUT2D eigenvalue weighted by Crippen LogP contribution is -2.56. The molecule has 41 heavy (non-hydrogen) atoms. The van der Waals surface area contributed by atoms with Crippen molar-refractivity contribution in [2.24, 2.45) is 17.8 Å². The Balaban J connectivity index is 0.000000309. The van der Waals surface area contributed by atoms with Gasteiger partial charge in [0.2, 0.25) is 0 Å². The van der Waals surface area contributed by atoms with Crippen molar-refractivity contribution in [2.75, 3.05) is 6.54 Å². The first-order valence-corrected chi connectivity index (χ1v) is 16.3. The largest absolute Gasteiger partial charge is 0.338 e. The number of carbonyl (C=O) groups is 3. The topological polar surface area (TPSA) is 131 Å². The maximum atomic E-state index is 11.6. The van der Waals surface area contributed by atoms with E-state index in [1.54, 1.807) is 6.20 Å². The third kappa shape index (κ3) is 10.2. The van der Waals surface area contributed by atoms with Crippen LogP contribution >= 0.6 is 0 Å². The van der Waals surface area contributed by atoms with Crippen LogP contribution in [0.15, 0.2) is 23.4 Å². The Morgan fingerprint density at radius 2 is 1.32 bits per heavy atom. The van der Waals surface area contributed by atoms with Gasteiger partial charge in [0.25, 0.3) is 10.0 Å². The van der Waals surface area contributed by atoms with Crippen LogP contribution in [-0.4, -0.2) is 78.0 Å². The summed E-state index contributed by atoms with van der Waals surface area (Å²) in [6.07, 6.45) is 4.86. The van der Waals surface area contributed by atoms with E-state index in [9.17, 15) is 22.8 Å². The van der Waals surface area contributed by atoms with Crippen LogP contribution in [0.3, 0.4) is 0 Å². The number of urea groups is 3. The lowest BCUT2D eigenvalue weighted by atomic mass is 9.96. The molecule has 2 atom stereocenters. The maximum absolute atomic E-state index is 11.6. The van der Waals surface area contributed by atoms with Gasteiger partial charge in [0, 0.05) is 42.6 Å². The third-order valence-electron chi connectivity index (χ3n) is 7.04. The molecule has 0 saturated carbocycles. The summed E-state index contributed by atoms with van der Waals surface area (Å²) < 4.78 is 24.6. The van der Waals surface area contributed by atoms with Crippen molar-refractivity contribution in [2.45, 2.75) is 120 Å². The summed E-state index contributed by atoms with van der Waals surface area (Å²) in [5.74, 6) is 1.01. The normalized spacial score (nSPS) is 22.3. The second-order valence-electron chi connectivity index (χ2n) is 12.5. The number of sulfonamides is 1. The van der Waals surface area contributed by atoms with Gasteiger partial charge in [0.05, 0.1) is 11.4 Å². The minimum absolute atomic E-state index is 0.00627. The Morgan fingerprint density at radius 3 is 1.71 bits per heavy atom. The van der Waals surface area contributed by atoms with Crippen LogP contribution in [0.25, 0.3) is 0 Å². The Kier molecular flexibility index (Phi) is 13.7. The molecule has 0 spiro atoms. The van der Waals surface area contributed by atoms with E-state index in [2.05, 4.69) is 52.2 Å². The van der Waals surface area contributed by atoms with Gasteiger partial charge < -0.3 is 20.4 Å². The van der Waals surface area contributed by atoms with Crippen molar-refractivity contribution < 1.29 is 22.8 Å². The molecule has 0 bridgehead atoms. The van der Waals surface area contributed by atoms with Crippen molar-refractivity contribution in [3.63, 3.8) is 0 Å². The molecular formula is C29H54N6O5S. The summed E-state index contributed by atoms with van der Waals surface area (Å²) in [7, 11) is -3.60. The van der Waals surface area contributed by atoms with Crippen LogP contribution in [0.5, 0.6) is 0 Å². The van der Waals surface area contributed by atoms with Gasteiger partial charge in [-0.05, 0) is 71.8 Å². The fourth-order valence-electron chi connectivity index (χ4n) is 5.10. The van der Waals surface area contributed by atoms with Crippen LogP contribution in [0.4, 0.5) is 14.4 Å². The molecule has 236 valence electrons. The number of nitrogens with zero attached hydrogens (tertiary/aromatic N) is 3. The molecule has 11 nitrogen and oxygen atoms in total. The van der Waals surface area contributed by atoms with Gasteiger partial charge in [-0.3, -0.25) is 4.90 Å². The van der Waals surface area contributed by atoms with Crippen molar-refractivity contribution in [1.29, 1.82) is 0 Å². The predicted molar refractivity (Wildman–Crippen MR) is 164 cm³/mol. The van der Waals surface area contributed by atoms with E-state index in [0.717, 1.165) is 18.4 Å². The van der Waals surface area contributed by atoms with Gasteiger partial charge in [-0.15, -0.1) is 0 Å². The summed E-state index contributed by atoms with van der Waals surface area (Å²) in [4.78, 5) is 40.0. The fourth-order valence-corrected chi connectivity index (χ4v) is 6.21. The van der Waals surface area contributed by atoms with Crippen molar-refractivity contribution in [3.05, 3.63) is 23.4 Å². The molecule has 1 saturated heterocycles. The van der Waals surface area contributed by atoms with E-state index in [4.69, 9.17) is 0 Å². The molecule has 0 aromatic rings. The number of nitrogens with one attached hydrogen (secondary N) is 3. The van der Waals surface area contributed by atoms with Gasteiger partial charge in [-0.2, -0.15) is 0 Å². The molecule has 2 unspecified atom stereocenters. The molecule has 0 aromatic carbocycles. The molecule has 6 amide bonds. The highest BCUT2D eigenvalue weighted by Crippen LogP contribution is 2.23. The molecule has 0 radical (unpaired) electrons. The summed E-state index contributed by atoms with van der Waals surface area (Å²) in [6, 6.07) is 0.661. The van der Waals surface area contributed by atoms with Crippen molar-refractivity contribution in [3.8, 4) is 0 Å². The average molecular weight is 599 g/mol. The monoisotopic (exact) mass is 598 g/mol. The molecule has 0 aromatic heterocycles. The average Bonchev–Trinajstić information content (AvgIpc) is 2.82. The maximum Gasteiger partial charge on any atom is 0.335 e. The van der Waals surface area contributed by atoms with E-state index in [0.29, 0.717) is 29.6 Å².